The molecule has 0 spiro atoms. The third kappa shape index (κ3) is 4.08. The van der Waals surface area contributed by atoms with Crippen molar-refractivity contribution >= 4 is 34.9 Å². The van der Waals surface area contributed by atoms with Gasteiger partial charge in [-0.2, -0.15) is 0 Å². The highest BCUT2D eigenvalue weighted by Crippen LogP contribution is 2.30. The summed E-state index contributed by atoms with van der Waals surface area (Å²) in [4.78, 5) is 22.1. The quantitative estimate of drug-likeness (QED) is 0.182. The number of halogens is 1. The number of aliphatic carboxylic acids is 2. The Morgan fingerprint density at radius 1 is 0.731 bits per heavy atom. The molecule has 0 radical (unpaired) electrons. The first-order valence-corrected chi connectivity index (χ1v) is 8.08. The fraction of sp³-hybridized carbons (Fsp3) is 0.833. The Balaban J connectivity index is 2.19. The molecule has 2 aliphatic rings. The number of carbonyl (C=O) groups is 2. The van der Waals surface area contributed by atoms with Crippen LogP contribution in [-0.4, -0.2) is 109 Å². The number of aliphatic hydroxyl groups is 5. The lowest BCUT2D eigenvalue weighted by molar-refractivity contribution is -0.347. The highest BCUT2D eigenvalue weighted by Gasteiger charge is 2.53. The fourth-order valence-corrected chi connectivity index (χ4v) is 2.99. The summed E-state index contributed by atoms with van der Waals surface area (Å²) in [5, 5.41) is 67.2. The van der Waals surface area contributed by atoms with Crippen LogP contribution in [-0.2, 0) is 26.9 Å². The van der Waals surface area contributed by atoms with Gasteiger partial charge in [0.25, 0.3) is 0 Å². The molecule has 0 aliphatic carbocycles. The summed E-state index contributed by atoms with van der Waals surface area (Å²) in [7, 11) is 0. The lowest BCUT2D eigenvalue weighted by Crippen LogP contribution is -2.65. The van der Waals surface area contributed by atoms with Crippen LogP contribution < -0.4 is 0 Å². The van der Waals surface area contributed by atoms with E-state index in [1.165, 1.54) is 23.0 Å². The minimum atomic E-state index is -1.95. The predicted molar refractivity (Wildman–Crippen MR) is 82.6 cm³/mol. The van der Waals surface area contributed by atoms with Crippen molar-refractivity contribution in [3.63, 3.8) is 0 Å². The van der Waals surface area contributed by atoms with Crippen LogP contribution in [0.15, 0.2) is 0 Å². The van der Waals surface area contributed by atoms with Crippen LogP contribution in [0.5, 0.6) is 0 Å². The van der Waals surface area contributed by atoms with Gasteiger partial charge in [-0.1, -0.05) is 0 Å². The van der Waals surface area contributed by atoms with Crippen molar-refractivity contribution in [3.05, 3.63) is 0 Å². The first-order valence-electron chi connectivity index (χ1n) is 7.19. The lowest BCUT2D eigenvalue weighted by Gasteiger charge is -2.44. The third-order valence-electron chi connectivity index (χ3n) is 3.98. The molecule has 14 heteroatoms. The van der Waals surface area contributed by atoms with Crippen LogP contribution >= 0.6 is 23.0 Å². The summed E-state index contributed by atoms with van der Waals surface area (Å²) in [5.74, 6) is -3.22. The normalized spacial score (nSPS) is 46.7. The minimum absolute atomic E-state index is 1.32. The zero-order chi connectivity index (χ0) is 19.8. The molecule has 7 N–H and O–H groups in total. The van der Waals surface area contributed by atoms with Crippen molar-refractivity contribution in [3.8, 4) is 0 Å². The Bertz CT molecular complexity index is 529. The van der Waals surface area contributed by atoms with Crippen LogP contribution in [0, 0.1) is 0 Å². The lowest BCUT2D eigenvalue weighted by atomic mass is 9.97. The largest absolute Gasteiger partial charge is 0.479 e. The highest BCUT2D eigenvalue weighted by atomic mass is 127. The van der Waals surface area contributed by atoms with E-state index in [-0.39, 0.29) is 0 Å². The van der Waals surface area contributed by atoms with Gasteiger partial charge in [-0.25, -0.2) is 9.59 Å². The second-order valence-corrected chi connectivity index (χ2v) is 6.18. The summed E-state index contributed by atoms with van der Waals surface area (Å²) >= 11 is 1.32. The average molecular weight is 496 g/mol. The van der Waals surface area contributed by atoms with Crippen LogP contribution in [0.1, 0.15) is 0 Å². The molecule has 2 heterocycles. The number of ether oxygens (including phenoxy) is 3. The zero-order valence-electron chi connectivity index (χ0n) is 12.7. The van der Waals surface area contributed by atoms with Gasteiger partial charge in [-0.15, -0.1) is 0 Å². The molecular weight excluding hydrogens is 479 g/mol. The minimum Gasteiger partial charge on any atom is -0.479 e. The molecule has 0 bridgehead atoms. The van der Waals surface area contributed by atoms with Crippen molar-refractivity contribution in [1.29, 1.82) is 0 Å². The van der Waals surface area contributed by atoms with Crippen LogP contribution in [0.2, 0.25) is 0 Å². The molecule has 0 aromatic carbocycles. The van der Waals surface area contributed by atoms with Crippen molar-refractivity contribution in [2.75, 3.05) is 0 Å². The van der Waals surface area contributed by atoms with Gasteiger partial charge in [-0.05, 0) is 0 Å². The van der Waals surface area contributed by atoms with Gasteiger partial charge >= 0.3 is 11.9 Å². The summed E-state index contributed by atoms with van der Waals surface area (Å²) in [6.07, 6.45) is -18.4. The molecular formula is C12H17IO13. The maximum atomic E-state index is 11.1. The van der Waals surface area contributed by atoms with E-state index in [0.717, 1.165) is 0 Å². The van der Waals surface area contributed by atoms with E-state index in [1.807, 2.05) is 0 Å². The Morgan fingerprint density at radius 2 is 1.19 bits per heavy atom. The second-order valence-electron chi connectivity index (χ2n) is 5.67. The Kier molecular flexibility index (Phi) is 7.10. The SMILES string of the molecule is O=C(O)[C@H]1O[C@@H](O[C@H]2[C@H](OI)O[C@H](C(=O)O)[C@@H](O)[C@@H]2O)[C@H](O)[C@@H](O)[C@@H]1O. The second kappa shape index (κ2) is 8.55. The maximum Gasteiger partial charge on any atom is 0.335 e. The molecule has 2 fully saturated rings. The number of aliphatic hydroxyl groups excluding tert-OH is 5. The molecule has 2 aliphatic heterocycles. The average Bonchev–Trinajstić information content (AvgIpc) is 2.58. The molecule has 26 heavy (non-hydrogen) atoms. The van der Waals surface area contributed by atoms with E-state index in [2.05, 4.69) is 0 Å². The summed E-state index contributed by atoms with van der Waals surface area (Å²) in [5.41, 5.74) is 0. The van der Waals surface area contributed by atoms with E-state index in [4.69, 9.17) is 27.5 Å². The van der Waals surface area contributed by atoms with Gasteiger partial charge in [0, 0.05) is 0 Å². The highest BCUT2D eigenvalue weighted by molar-refractivity contribution is 14.1. The van der Waals surface area contributed by atoms with Crippen molar-refractivity contribution < 1.29 is 62.6 Å². The Hall–Kier alpha value is -0.690. The number of rotatable bonds is 5. The number of hydrogen-bond donors (Lipinski definition) is 7. The van der Waals surface area contributed by atoms with Crippen LogP contribution in [0.4, 0.5) is 0 Å². The third-order valence-corrected chi connectivity index (χ3v) is 4.48. The molecule has 13 nitrogen and oxygen atoms in total. The first kappa shape index (κ1) is 21.6. The maximum absolute atomic E-state index is 11.1. The molecule has 0 aromatic heterocycles. The monoisotopic (exact) mass is 496 g/mol. The van der Waals surface area contributed by atoms with Gasteiger partial charge in [0.15, 0.2) is 24.8 Å². The van der Waals surface area contributed by atoms with Gasteiger partial charge < -0.3 is 50.0 Å². The van der Waals surface area contributed by atoms with Gasteiger partial charge in [-0.3, -0.25) is 3.07 Å². The summed E-state index contributed by atoms with van der Waals surface area (Å²) < 4.78 is 19.9. The number of carboxylic acids is 2. The number of carboxylic acid groups (broad SMARTS) is 2. The zero-order valence-corrected chi connectivity index (χ0v) is 14.9. The van der Waals surface area contributed by atoms with Crippen molar-refractivity contribution in [2.24, 2.45) is 0 Å². The Morgan fingerprint density at radius 3 is 1.65 bits per heavy atom. The van der Waals surface area contributed by atoms with Gasteiger partial charge in [0.1, 0.15) is 59.6 Å². The van der Waals surface area contributed by atoms with Crippen molar-refractivity contribution in [2.45, 2.75) is 61.4 Å². The molecule has 2 saturated heterocycles. The van der Waals surface area contributed by atoms with E-state index in [9.17, 15) is 35.1 Å². The molecule has 10 atom stereocenters. The molecule has 0 aromatic rings. The summed E-state index contributed by atoms with van der Waals surface area (Å²) in [6.45, 7) is 0. The predicted octanol–water partition coefficient (Wildman–Crippen LogP) is -3.84. The van der Waals surface area contributed by atoms with E-state index < -0.39 is 73.4 Å². The van der Waals surface area contributed by atoms with Crippen LogP contribution in [0.25, 0.3) is 0 Å². The molecule has 0 amide bonds. The molecule has 0 unspecified atom stereocenters. The van der Waals surface area contributed by atoms with E-state index >= 15 is 0 Å². The smallest absolute Gasteiger partial charge is 0.335 e. The summed E-state index contributed by atoms with van der Waals surface area (Å²) in [6, 6.07) is 0. The fourth-order valence-electron chi connectivity index (χ4n) is 2.58. The van der Waals surface area contributed by atoms with Gasteiger partial charge in [0.05, 0.1) is 0 Å². The first-order chi connectivity index (χ1) is 12.1. The molecule has 150 valence electrons. The Labute approximate surface area is 159 Å². The number of hydrogen-bond acceptors (Lipinski definition) is 11. The molecule has 0 saturated carbocycles. The topological polar surface area (TPSA) is 213 Å². The van der Waals surface area contributed by atoms with Gasteiger partial charge in [0.2, 0.25) is 0 Å². The van der Waals surface area contributed by atoms with Crippen LogP contribution in [0.3, 0.4) is 0 Å². The van der Waals surface area contributed by atoms with E-state index in [1.54, 1.807) is 0 Å². The molecule has 2 rings (SSSR count). The van der Waals surface area contributed by atoms with Crippen molar-refractivity contribution in [1.82, 2.24) is 0 Å². The van der Waals surface area contributed by atoms with E-state index in [0.29, 0.717) is 0 Å². The standard InChI is InChI=1S/C12H17IO13/c13-26-12-8(4(17)3(16)7(24-12)10(21)22)25-11-5(18)1(14)2(15)6(23-11)9(19)20/h1-8,11-12,14-18H,(H,19,20)(H,21,22)/t1-,2-,3-,4-,5+,6-,7-,8+,11-,12-/m0/s1.